The predicted molar refractivity (Wildman–Crippen MR) is 82.7 cm³/mol. The summed E-state index contributed by atoms with van der Waals surface area (Å²) in [4.78, 5) is 0. The summed E-state index contributed by atoms with van der Waals surface area (Å²) in [6.07, 6.45) is 4.39. The van der Waals surface area contributed by atoms with Crippen molar-refractivity contribution in [2.45, 2.75) is 20.0 Å². The van der Waals surface area contributed by atoms with Crippen LogP contribution in [0.1, 0.15) is 12.5 Å². The first-order valence-corrected chi connectivity index (χ1v) is 8.00. The highest BCUT2D eigenvalue weighted by molar-refractivity contribution is 7.98. The highest BCUT2D eigenvalue weighted by atomic mass is 35.5. The molecule has 0 fully saturated rings. The first kappa shape index (κ1) is 13.8. The van der Waals surface area contributed by atoms with Crippen LogP contribution in [0.4, 0.5) is 0 Å². The van der Waals surface area contributed by atoms with Gasteiger partial charge in [0.05, 0.1) is 0 Å². The smallest absolute Gasteiger partial charge is 0.0498 e. The number of nitrogens with one attached hydrogen (secondary N) is 1. The van der Waals surface area contributed by atoms with Gasteiger partial charge in [-0.15, -0.1) is 0 Å². The van der Waals surface area contributed by atoms with Gasteiger partial charge in [-0.2, -0.15) is 11.8 Å². The molecule has 0 aliphatic rings. The molecule has 0 atom stereocenters. The zero-order valence-corrected chi connectivity index (χ0v) is 12.4. The van der Waals surface area contributed by atoms with Crippen molar-refractivity contribution in [1.82, 2.24) is 9.88 Å². The van der Waals surface area contributed by atoms with Crippen LogP contribution in [-0.2, 0) is 13.1 Å². The quantitative estimate of drug-likeness (QED) is 0.869. The number of fused-ring (bicyclic) bond motifs is 1. The maximum atomic E-state index is 6.10. The number of thioether (sulfide) groups is 1. The number of benzene rings is 1. The van der Waals surface area contributed by atoms with E-state index in [1.54, 1.807) is 0 Å². The van der Waals surface area contributed by atoms with E-state index in [2.05, 4.69) is 41.4 Å². The van der Waals surface area contributed by atoms with Crippen LogP contribution in [-0.4, -0.2) is 23.1 Å². The number of hydrogen-bond acceptors (Lipinski definition) is 2. The van der Waals surface area contributed by atoms with Gasteiger partial charge in [0.1, 0.15) is 0 Å². The lowest BCUT2D eigenvalue weighted by molar-refractivity contribution is 0.722. The SMILES string of the molecule is CCNCc1cn(CCSC)c2cc(Cl)ccc12. The highest BCUT2D eigenvalue weighted by Gasteiger charge is 2.08. The molecule has 0 radical (unpaired) electrons. The van der Waals surface area contributed by atoms with Crippen molar-refractivity contribution in [1.29, 1.82) is 0 Å². The first-order valence-electron chi connectivity index (χ1n) is 6.23. The fourth-order valence-electron chi connectivity index (χ4n) is 2.12. The van der Waals surface area contributed by atoms with Gasteiger partial charge in [0.15, 0.2) is 0 Å². The Hall–Kier alpha value is -0.640. The van der Waals surface area contributed by atoms with Crippen molar-refractivity contribution in [2.24, 2.45) is 0 Å². The number of aromatic nitrogens is 1. The summed E-state index contributed by atoms with van der Waals surface area (Å²) in [7, 11) is 0. The maximum absolute atomic E-state index is 6.10. The van der Waals surface area contributed by atoms with E-state index in [-0.39, 0.29) is 0 Å². The van der Waals surface area contributed by atoms with Gasteiger partial charge in [0.25, 0.3) is 0 Å². The molecule has 1 heterocycles. The van der Waals surface area contributed by atoms with Gasteiger partial charge >= 0.3 is 0 Å². The van der Waals surface area contributed by atoms with Crippen LogP contribution in [0.25, 0.3) is 10.9 Å². The molecule has 0 saturated carbocycles. The molecular formula is C14H19ClN2S. The van der Waals surface area contributed by atoms with Crippen LogP contribution in [0.5, 0.6) is 0 Å². The molecule has 98 valence electrons. The summed E-state index contributed by atoms with van der Waals surface area (Å²) in [5.41, 5.74) is 2.59. The molecular weight excluding hydrogens is 264 g/mol. The van der Waals surface area contributed by atoms with Gasteiger partial charge in [-0.3, -0.25) is 0 Å². The Bertz CT molecular complexity index is 522. The van der Waals surface area contributed by atoms with E-state index in [0.29, 0.717) is 0 Å². The fraction of sp³-hybridized carbons (Fsp3) is 0.429. The second kappa shape index (κ2) is 6.50. The van der Waals surface area contributed by atoms with Gasteiger partial charge in [-0.05, 0) is 30.5 Å². The van der Waals surface area contributed by atoms with E-state index in [0.717, 1.165) is 30.4 Å². The van der Waals surface area contributed by atoms with Gasteiger partial charge in [-0.1, -0.05) is 24.6 Å². The molecule has 18 heavy (non-hydrogen) atoms. The Balaban J connectivity index is 2.39. The number of aryl methyl sites for hydroxylation is 1. The highest BCUT2D eigenvalue weighted by Crippen LogP contribution is 2.25. The van der Waals surface area contributed by atoms with Crippen LogP contribution in [0.3, 0.4) is 0 Å². The summed E-state index contributed by atoms with van der Waals surface area (Å²) < 4.78 is 2.31. The molecule has 0 amide bonds. The van der Waals surface area contributed by atoms with Crippen molar-refractivity contribution in [3.63, 3.8) is 0 Å². The maximum Gasteiger partial charge on any atom is 0.0498 e. The average Bonchev–Trinajstić information content (AvgIpc) is 2.71. The molecule has 0 saturated heterocycles. The normalized spacial score (nSPS) is 11.3. The molecule has 4 heteroatoms. The molecule has 0 bridgehead atoms. The van der Waals surface area contributed by atoms with Crippen molar-refractivity contribution in [3.05, 3.63) is 35.0 Å². The van der Waals surface area contributed by atoms with Gasteiger partial charge < -0.3 is 9.88 Å². The van der Waals surface area contributed by atoms with E-state index in [1.165, 1.54) is 16.5 Å². The molecule has 0 unspecified atom stereocenters. The minimum atomic E-state index is 0.806. The van der Waals surface area contributed by atoms with E-state index in [4.69, 9.17) is 11.6 Å². The molecule has 2 aromatic rings. The predicted octanol–water partition coefficient (Wildman–Crippen LogP) is 3.77. The van der Waals surface area contributed by atoms with Crippen LogP contribution < -0.4 is 5.32 Å². The summed E-state index contributed by atoms with van der Waals surface area (Å²) in [6, 6.07) is 6.16. The molecule has 1 N–H and O–H groups in total. The second-order valence-electron chi connectivity index (χ2n) is 4.28. The number of halogens is 1. The zero-order chi connectivity index (χ0) is 13.0. The topological polar surface area (TPSA) is 17.0 Å². The monoisotopic (exact) mass is 282 g/mol. The second-order valence-corrected chi connectivity index (χ2v) is 5.70. The average molecular weight is 283 g/mol. The molecule has 0 aliphatic heterocycles. The van der Waals surface area contributed by atoms with E-state index < -0.39 is 0 Å². The molecule has 2 nitrogen and oxygen atoms in total. The first-order chi connectivity index (χ1) is 8.76. The standard InChI is InChI=1S/C14H19ClN2S/c1-3-16-9-11-10-17(6-7-18-2)14-8-12(15)4-5-13(11)14/h4-5,8,10,16H,3,6-7,9H2,1-2H3. The largest absolute Gasteiger partial charge is 0.346 e. The Kier molecular flexibility index (Phi) is 4.98. The lowest BCUT2D eigenvalue weighted by atomic mass is 10.2. The Morgan fingerprint density at radius 1 is 1.39 bits per heavy atom. The minimum absolute atomic E-state index is 0.806. The molecule has 1 aromatic heterocycles. The summed E-state index contributed by atoms with van der Waals surface area (Å²) in [5, 5.41) is 5.50. The number of hydrogen-bond donors (Lipinski definition) is 1. The van der Waals surface area contributed by atoms with E-state index >= 15 is 0 Å². The third-order valence-corrected chi connectivity index (χ3v) is 3.85. The van der Waals surface area contributed by atoms with Crippen molar-refractivity contribution >= 4 is 34.3 Å². The fourth-order valence-corrected chi connectivity index (χ4v) is 2.66. The lowest BCUT2D eigenvalue weighted by Gasteiger charge is -2.03. The van der Waals surface area contributed by atoms with Crippen LogP contribution in [0.2, 0.25) is 5.02 Å². The van der Waals surface area contributed by atoms with E-state index in [9.17, 15) is 0 Å². The van der Waals surface area contributed by atoms with Crippen LogP contribution >= 0.6 is 23.4 Å². The summed E-state index contributed by atoms with van der Waals surface area (Å²) in [5.74, 6) is 1.12. The molecule has 1 aromatic carbocycles. The Morgan fingerprint density at radius 3 is 2.94 bits per heavy atom. The Labute approximate surface area is 118 Å². The van der Waals surface area contributed by atoms with E-state index in [1.807, 2.05) is 17.8 Å². The lowest BCUT2D eigenvalue weighted by Crippen LogP contribution is -2.11. The summed E-state index contributed by atoms with van der Waals surface area (Å²) in [6.45, 7) is 5.07. The number of nitrogens with zero attached hydrogens (tertiary/aromatic N) is 1. The summed E-state index contributed by atoms with van der Waals surface area (Å²) >= 11 is 7.97. The molecule has 2 rings (SSSR count). The third-order valence-electron chi connectivity index (χ3n) is 3.03. The van der Waals surface area contributed by atoms with Crippen molar-refractivity contribution in [3.8, 4) is 0 Å². The Morgan fingerprint density at radius 2 is 2.22 bits per heavy atom. The van der Waals surface area contributed by atoms with Gasteiger partial charge in [0.2, 0.25) is 0 Å². The number of rotatable bonds is 6. The van der Waals surface area contributed by atoms with Crippen LogP contribution in [0.15, 0.2) is 24.4 Å². The van der Waals surface area contributed by atoms with Crippen LogP contribution in [0, 0.1) is 0 Å². The molecule has 0 aliphatic carbocycles. The van der Waals surface area contributed by atoms with Crippen molar-refractivity contribution < 1.29 is 0 Å². The molecule has 0 spiro atoms. The van der Waals surface area contributed by atoms with Gasteiger partial charge in [0, 0.05) is 41.0 Å². The van der Waals surface area contributed by atoms with Crippen molar-refractivity contribution in [2.75, 3.05) is 18.6 Å². The third kappa shape index (κ3) is 3.02. The van der Waals surface area contributed by atoms with Gasteiger partial charge in [-0.25, -0.2) is 0 Å². The minimum Gasteiger partial charge on any atom is -0.346 e. The zero-order valence-electron chi connectivity index (χ0n) is 10.9.